The molecule has 0 bridgehead atoms. The first kappa shape index (κ1) is 21.5. The van der Waals surface area contributed by atoms with Crippen LogP contribution in [0.1, 0.15) is 16.9 Å². The van der Waals surface area contributed by atoms with Crippen molar-refractivity contribution in [3.05, 3.63) is 65.7 Å². The molecule has 2 rings (SSSR count). The van der Waals surface area contributed by atoms with E-state index >= 15 is 0 Å². The molecule has 1 atom stereocenters. The van der Waals surface area contributed by atoms with Crippen LogP contribution in [0.4, 0.5) is 0 Å². The van der Waals surface area contributed by atoms with E-state index < -0.39 is 23.5 Å². The predicted molar refractivity (Wildman–Crippen MR) is 96.0 cm³/mol. The van der Waals surface area contributed by atoms with Crippen LogP contribution >= 0.6 is 7.60 Å². The normalized spacial score (nSPS) is 12.8. The number of hydrogen-bond acceptors (Lipinski definition) is 6. The molecule has 1 unspecified atom stereocenters. The van der Waals surface area contributed by atoms with Gasteiger partial charge in [-0.15, -0.1) is 0 Å². The number of hydrogen-bond donors (Lipinski definition) is 2. The van der Waals surface area contributed by atoms with Gasteiger partial charge in [-0.2, -0.15) is 8.42 Å². The van der Waals surface area contributed by atoms with Crippen LogP contribution < -0.4 is 5.73 Å². The summed E-state index contributed by atoms with van der Waals surface area (Å²) in [4.78, 5) is -0.0666. The lowest BCUT2D eigenvalue weighted by atomic mass is 10.2. The van der Waals surface area contributed by atoms with Crippen molar-refractivity contribution in [1.82, 2.24) is 0 Å². The Morgan fingerprint density at radius 1 is 1.00 bits per heavy atom. The van der Waals surface area contributed by atoms with E-state index in [-0.39, 0.29) is 4.90 Å². The number of aryl methyl sites for hydroxylation is 1. The van der Waals surface area contributed by atoms with E-state index in [0.29, 0.717) is 0 Å². The second-order valence-corrected chi connectivity index (χ2v) is 8.84. The summed E-state index contributed by atoms with van der Waals surface area (Å²) in [6, 6.07) is 15.1. The SMILES string of the molecule is COP(=O)(OC)C(N)c1ccccc1.Cc1ccc(S(=O)(=O)O)cc1. The Balaban J connectivity index is 0.000000257. The van der Waals surface area contributed by atoms with E-state index in [0.717, 1.165) is 11.1 Å². The molecule has 0 aliphatic rings. The molecule has 3 N–H and O–H groups in total. The van der Waals surface area contributed by atoms with Crippen LogP contribution in [0, 0.1) is 6.92 Å². The minimum absolute atomic E-state index is 0.0666. The maximum Gasteiger partial charge on any atom is 0.351 e. The lowest BCUT2D eigenvalue weighted by molar-refractivity contribution is 0.266. The van der Waals surface area contributed by atoms with Gasteiger partial charge >= 0.3 is 7.60 Å². The van der Waals surface area contributed by atoms with Crippen LogP contribution in [-0.2, 0) is 23.7 Å². The molecule has 0 aromatic heterocycles. The molecule has 2 aromatic rings. The van der Waals surface area contributed by atoms with Gasteiger partial charge in [-0.25, -0.2) is 0 Å². The maximum atomic E-state index is 11.9. The van der Waals surface area contributed by atoms with Crippen molar-refractivity contribution < 1.29 is 26.6 Å². The number of rotatable bonds is 5. The van der Waals surface area contributed by atoms with Gasteiger partial charge in [0.15, 0.2) is 0 Å². The third-order valence-electron chi connectivity index (χ3n) is 3.31. The first-order valence-electron chi connectivity index (χ1n) is 7.20. The van der Waals surface area contributed by atoms with Gasteiger partial charge in [0.25, 0.3) is 10.1 Å². The number of nitrogens with two attached hydrogens (primary N) is 1. The molecule has 0 heterocycles. The van der Waals surface area contributed by atoms with Crippen molar-refractivity contribution in [2.45, 2.75) is 17.6 Å². The van der Waals surface area contributed by atoms with Crippen LogP contribution in [0.3, 0.4) is 0 Å². The van der Waals surface area contributed by atoms with Crippen molar-refractivity contribution in [1.29, 1.82) is 0 Å². The zero-order chi connectivity index (χ0) is 19.1. The van der Waals surface area contributed by atoms with E-state index in [4.69, 9.17) is 19.3 Å². The van der Waals surface area contributed by atoms with Gasteiger partial charge in [0.2, 0.25) is 0 Å². The lowest BCUT2D eigenvalue weighted by Crippen LogP contribution is -2.12. The van der Waals surface area contributed by atoms with Crippen molar-refractivity contribution in [2.75, 3.05) is 14.2 Å². The average Bonchev–Trinajstić information content (AvgIpc) is 2.61. The molecular weight excluding hydrogens is 365 g/mol. The average molecular weight is 387 g/mol. The van der Waals surface area contributed by atoms with Crippen LogP contribution in [0.25, 0.3) is 0 Å². The van der Waals surface area contributed by atoms with Gasteiger partial charge in [-0.1, -0.05) is 48.0 Å². The van der Waals surface area contributed by atoms with Gasteiger partial charge < -0.3 is 14.8 Å². The maximum absolute atomic E-state index is 11.9. The summed E-state index contributed by atoms with van der Waals surface area (Å²) in [6.45, 7) is 1.84. The minimum Gasteiger partial charge on any atom is -0.314 e. The smallest absolute Gasteiger partial charge is 0.314 e. The van der Waals surface area contributed by atoms with Gasteiger partial charge in [-0.05, 0) is 24.6 Å². The van der Waals surface area contributed by atoms with Crippen molar-refractivity contribution in [3.8, 4) is 0 Å². The van der Waals surface area contributed by atoms with E-state index in [1.54, 1.807) is 24.3 Å². The van der Waals surface area contributed by atoms with Crippen molar-refractivity contribution in [3.63, 3.8) is 0 Å². The standard InChI is InChI=1S/C9H14NO3P.C7H8O3S/c1-12-14(11,13-2)9(10)8-6-4-3-5-7-8;1-6-2-4-7(5-3-6)11(8,9)10/h3-7,9H,10H2,1-2H3;2-5H,1H3,(H,8,9,10). The summed E-state index contributed by atoms with van der Waals surface area (Å²) in [5.41, 5.74) is 7.47. The fourth-order valence-corrected chi connectivity index (χ4v) is 3.47. The first-order valence-corrected chi connectivity index (χ1v) is 10.2. The Morgan fingerprint density at radius 2 is 1.48 bits per heavy atom. The molecule has 25 heavy (non-hydrogen) atoms. The fraction of sp³-hybridized carbons (Fsp3) is 0.250. The van der Waals surface area contributed by atoms with Gasteiger partial charge in [0, 0.05) is 14.2 Å². The molecule has 0 aliphatic carbocycles. The zero-order valence-electron chi connectivity index (χ0n) is 14.2. The molecule has 9 heteroatoms. The highest BCUT2D eigenvalue weighted by molar-refractivity contribution is 7.85. The van der Waals surface area contributed by atoms with E-state index in [2.05, 4.69) is 0 Å². The summed E-state index contributed by atoms with van der Waals surface area (Å²) in [6.07, 6.45) is 0. The van der Waals surface area contributed by atoms with Gasteiger partial charge in [0.1, 0.15) is 5.78 Å². The summed E-state index contributed by atoms with van der Waals surface area (Å²) in [7, 11) is -4.58. The zero-order valence-corrected chi connectivity index (χ0v) is 15.9. The molecule has 0 fully saturated rings. The Kier molecular flexibility index (Phi) is 7.95. The Labute approximate surface area is 148 Å². The van der Waals surface area contributed by atoms with Crippen molar-refractivity contribution in [2.24, 2.45) is 5.73 Å². The van der Waals surface area contributed by atoms with Crippen LogP contribution in [0.5, 0.6) is 0 Å². The second-order valence-electron chi connectivity index (χ2n) is 5.05. The third kappa shape index (κ3) is 6.36. The summed E-state index contributed by atoms with van der Waals surface area (Å²) in [5, 5.41) is 0. The molecule has 7 nitrogen and oxygen atoms in total. The molecule has 0 spiro atoms. The molecule has 0 amide bonds. The van der Waals surface area contributed by atoms with Crippen molar-refractivity contribution >= 4 is 17.7 Å². The molecule has 0 aliphatic heterocycles. The molecule has 0 saturated heterocycles. The monoisotopic (exact) mass is 387 g/mol. The van der Waals surface area contributed by atoms with Crippen LogP contribution in [0.2, 0.25) is 0 Å². The highest BCUT2D eigenvalue weighted by atomic mass is 32.2. The largest absolute Gasteiger partial charge is 0.351 e. The highest BCUT2D eigenvalue weighted by Crippen LogP contribution is 2.56. The first-order chi connectivity index (χ1) is 11.6. The summed E-state index contributed by atoms with van der Waals surface area (Å²) >= 11 is 0. The van der Waals surface area contributed by atoms with Gasteiger partial charge in [0.05, 0.1) is 4.90 Å². The molecule has 0 radical (unpaired) electrons. The molecule has 2 aromatic carbocycles. The molecule has 0 saturated carbocycles. The Bertz CT molecular complexity index is 800. The Hall–Kier alpha value is -1.54. The quantitative estimate of drug-likeness (QED) is 0.597. The van der Waals surface area contributed by atoms with Gasteiger partial charge in [-0.3, -0.25) is 9.12 Å². The number of benzene rings is 2. The molecular formula is C16H22NO6PS. The lowest BCUT2D eigenvalue weighted by Gasteiger charge is -2.20. The second kappa shape index (κ2) is 9.24. The predicted octanol–water partition coefficient (Wildman–Crippen LogP) is 3.37. The molecule has 138 valence electrons. The van der Waals surface area contributed by atoms with Crippen LogP contribution in [0.15, 0.2) is 59.5 Å². The van der Waals surface area contributed by atoms with Crippen LogP contribution in [-0.4, -0.2) is 27.2 Å². The minimum atomic E-state index is -4.02. The summed E-state index contributed by atoms with van der Waals surface area (Å²) < 4.78 is 51.1. The Morgan fingerprint density at radius 3 is 1.88 bits per heavy atom. The third-order valence-corrected chi connectivity index (χ3v) is 6.17. The van der Waals surface area contributed by atoms with E-state index in [1.807, 2.05) is 25.1 Å². The van der Waals surface area contributed by atoms with E-state index in [1.165, 1.54) is 26.4 Å². The highest BCUT2D eigenvalue weighted by Gasteiger charge is 2.31. The fourth-order valence-electron chi connectivity index (χ4n) is 1.84. The summed E-state index contributed by atoms with van der Waals surface area (Å²) in [5.74, 6) is -0.737. The van der Waals surface area contributed by atoms with E-state index in [9.17, 15) is 13.0 Å². The topological polar surface area (TPSA) is 116 Å².